The lowest BCUT2D eigenvalue weighted by Gasteiger charge is -2.11. The molecule has 0 aliphatic heterocycles. The van der Waals surface area contributed by atoms with Gasteiger partial charge < -0.3 is 4.52 Å². The smallest absolute Gasteiger partial charge is 0.252 e. The molecule has 0 fully saturated rings. The molecule has 100 valence electrons. The van der Waals surface area contributed by atoms with E-state index in [0.29, 0.717) is 16.8 Å². The second kappa shape index (κ2) is 4.79. The van der Waals surface area contributed by atoms with Gasteiger partial charge in [0.1, 0.15) is 12.0 Å². The van der Waals surface area contributed by atoms with Gasteiger partial charge in [0.15, 0.2) is 9.84 Å². The van der Waals surface area contributed by atoms with E-state index in [1.807, 2.05) is 0 Å². The van der Waals surface area contributed by atoms with Crippen LogP contribution in [0.5, 0.6) is 0 Å². The lowest BCUT2D eigenvalue weighted by Crippen LogP contribution is -2.05. The molecule has 0 saturated heterocycles. The van der Waals surface area contributed by atoms with E-state index in [-0.39, 0.29) is 10.5 Å². The molecule has 19 heavy (non-hydrogen) atoms. The van der Waals surface area contributed by atoms with Crippen LogP contribution in [0.15, 0.2) is 33.9 Å². The molecule has 0 radical (unpaired) electrons. The Morgan fingerprint density at radius 1 is 1.32 bits per heavy atom. The molecule has 1 aromatic carbocycles. The van der Waals surface area contributed by atoms with Gasteiger partial charge in [-0.15, -0.1) is 0 Å². The zero-order chi connectivity index (χ0) is 14.2. The van der Waals surface area contributed by atoms with Crippen LogP contribution in [0.2, 0.25) is 0 Å². The summed E-state index contributed by atoms with van der Waals surface area (Å²) in [5.41, 5.74) is 1.38. The third-order valence-electron chi connectivity index (χ3n) is 2.73. The molecule has 0 amide bonds. The van der Waals surface area contributed by atoms with Gasteiger partial charge in [-0.2, -0.15) is 0 Å². The summed E-state index contributed by atoms with van der Waals surface area (Å²) in [7, 11) is -3.46. The second-order valence-corrected chi connectivity index (χ2v) is 6.37. The molecule has 2 rings (SSSR count). The molecule has 0 bridgehead atoms. The number of sulfone groups is 1. The standard InChI is InChI=1S/C12H10ClNO4S/c1-7-8(12(13)15)3-4-10(19(2,16)17)11(7)9-5-6-18-14-9/h3-6H,1-2H3. The van der Waals surface area contributed by atoms with Crippen LogP contribution in [0, 0.1) is 6.92 Å². The summed E-state index contributed by atoms with van der Waals surface area (Å²) in [4.78, 5) is 11.4. The van der Waals surface area contributed by atoms with E-state index < -0.39 is 15.1 Å². The summed E-state index contributed by atoms with van der Waals surface area (Å²) in [6.07, 6.45) is 2.42. The van der Waals surface area contributed by atoms with Crippen LogP contribution >= 0.6 is 11.6 Å². The number of halogens is 1. The minimum absolute atomic E-state index is 0.0839. The third kappa shape index (κ3) is 2.54. The largest absolute Gasteiger partial charge is 0.364 e. The van der Waals surface area contributed by atoms with Gasteiger partial charge in [0.2, 0.25) is 0 Å². The van der Waals surface area contributed by atoms with Crippen molar-refractivity contribution in [3.8, 4) is 11.3 Å². The maximum atomic E-state index is 11.8. The van der Waals surface area contributed by atoms with E-state index in [2.05, 4.69) is 5.16 Å². The molecule has 0 aliphatic carbocycles. The number of rotatable bonds is 3. The second-order valence-electron chi connectivity index (χ2n) is 4.04. The normalized spacial score (nSPS) is 11.5. The van der Waals surface area contributed by atoms with Crippen molar-refractivity contribution >= 4 is 26.7 Å². The first-order valence-corrected chi connectivity index (χ1v) is 7.53. The van der Waals surface area contributed by atoms with Crippen LogP contribution < -0.4 is 0 Å². The Hall–Kier alpha value is -1.66. The number of nitrogens with zero attached hydrogens (tertiary/aromatic N) is 1. The Kier molecular flexibility index (Phi) is 3.47. The summed E-state index contributed by atoms with van der Waals surface area (Å²) >= 11 is 5.48. The first kappa shape index (κ1) is 13.8. The Balaban J connectivity index is 2.86. The van der Waals surface area contributed by atoms with E-state index in [9.17, 15) is 13.2 Å². The predicted octanol–water partition coefficient (Wildman–Crippen LogP) is 2.43. The first-order chi connectivity index (χ1) is 8.82. The summed E-state index contributed by atoms with van der Waals surface area (Å²) in [5.74, 6) is 0. The third-order valence-corrected chi connectivity index (χ3v) is 4.07. The van der Waals surface area contributed by atoms with Crippen LogP contribution in [-0.2, 0) is 9.84 Å². The predicted molar refractivity (Wildman–Crippen MR) is 70.0 cm³/mol. The van der Waals surface area contributed by atoms with Crippen molar-refractivity contribution in [3.05, 3.63) is 35.6 Å². The van der Waals surface area contributed by atoms with Gasteiger partial charge in [0.25, 0.3) is 5.24 Å². The van der Waals surface area contributed by atoms with E-state index in [0.717, 1.165) is 6.26 Å². The van der Waals surface area contributed by atoms with Gasteiger partial charge >= 0.3 is 0 Å². The molecule has 0 aliphatic rings. The number of benzene rings is 1. The van der Waals surface area contributed by atoms with Gasteiger partial charge in [0, 0.05) is 23.4 Å². The van der Waals surface area contributed by atoms with Crippen molar-refractivity contribution in [3.63, 3.8) is 0 Å². The van der Waals surface area contributed by atoms with Crippen LogP contribution in [0.1, 0.15) is 15.9 Å². The number of hydrogen-bond acceptors (Lipinski definition) is 5. The summed E-state index contributed by atoms with van der Waals surface area (Å²) in [5, 5.41) is 3.08. The van der Waals surface area contributed by atoms with E-state index >= 15 is 0 Å². The molecule has 0 saturated carbocycles. The zero-order valence-corrected chi connectivity index (χ0v) is 11.7. The van der Waals surface area contributed by atoms with Crippen LogP contribution in [0.3, 0.4) is 0 Å². The number of aromatic nitrogens is 1. The monoisotopic (exact) mass is 299 g/mol. The van der Waals surface area contributed by atoms with Gasteiger partial charge in [-0.25, -0.2) is 8.42 Å². The van der Waals surface area contributed by atoms with Crippen molar-refractivity contribution < 1.29 is 17.7 Å². The summed E-state index contributed by atoms with van der Waals surface area (Å²) < 4.78 is 28.3. The fourth-order valence-corrected chi connectivity index (χ4v) is 3.02. The highest BCUT2D eigenvalue weighted by atomic mass is 35.5. The van der Waals surface area contributed by atoms with Crippen LogP contribution in [0.4, 0.5) is 0 Å². The average molecular weight is 300 g/mol. The quantitative estimate of drug-likeness (QED) is 0.813. The minimum Gasteiger partial charge on any atom is -0.364 e. The topological polar surface area (TPSA) is 77.2 Å². The highest BCUT2D eigenvalue weighted by molar-refractivity contribution is 7.90. The van der Waals surface area contributed by atoms with E-state index in [1.165, 1.54) is 24.5 Å². The fraction of sp³-hybridized carbons (Fsp3) is 0.167. The minimum atomic E-state index is -3.46. The fourth-order valence-electron chi connectivity index (χ4n) is 1.87. The highest BCUT2D eigenvalue weighted by Gasteiger charge is 2.22. The van der Waals surface area contributed by atoms with E-state index in [1.54, 1.807) is 6.92 Å². The molecule has 0 unspecified atom stereocenters. The first-order valence-electron chi connectivity index (χ1n) is 5.26. The maximum Gasteiger partial charge on any atom is 0.252 e. The van der Waals surface area contributed by atoms with Crippen molar-refractivity contribution in [1.82, 2.24) is 5.16 Å². The molecule has 1 aromatic heterocycles. The average Bonchev–Trinajstić information content (AvgIpc) is 2.79. The van der Waals surface area contributed by atoms with Crippen molar-refractivity contribution in [2.75, 3.05) is 6.26 Å². The van der Waals surface area contributed by atoms with E-state index in [4.69, 9.17) is 16.1 Å². The molecule has 7 heteroatoms. The SMILES string of the molecule is Cc1c(C(=O)Cl)ccc(S(C)(=O)=O)c1-c1ccon1. The Morgan fingerprint density at radius 3 is 2.47 bits per heavy atom. The lowest BCUT2D eigenvalue weighted by atomic mass is 10.0. The van der Waals surface area contributed by atoms with Gasteiger partial charge in [-0.3, -0.25) is 4.79 Å². The summed E-state index contributed by atoms with van der Waals surface area (Å²) in [6, 6.07) is 4.27. The maximum absolute atomic E-state index is 11.8. The number of hydrogen-bond donors (Lipinski definition) is 0. The lowest BCUT2D eigenvalue weighted by molar-refractivity contribution is 0.108. The molecule has 0 spiro atoms. The Labute approximate surface area is 115 Å². The Morgan fingerprint density at radius 2 is 2.00 bits per heavy atom. The molecule has 1 heterocycles. The Bertz CT molecular complexity index is 735. The zero-order valence-electron chi connectivity index (χ0n) is 10.2. The van der Waals surface area contributed by atoms with Gasteiger partial charge in [-0.1, -0.05) is 5.16 Å². The number of carbonyl (C=O) groups is 1. The molecular formula is C12H10ClNO4S. The molecule has 0 atom stereocenters. The van der Waals surface area contributed by atoms with Gasteiger partial charge in [0.05, 0.1) is 4.90 Å². The van der Waals surface area contributed by atoms with Crippen molar-refractivity contribution in [2.45, 2.75) is 11.8 Å². The highest BCUT2D eigenvalue weighted by Crippen LogP contribution is 2.32. The van der Waals surface area contributed by atoms with Crippen molar-refractivity contribution in [2.24, 2.45) is 0 Å². The molecular weight excluding hydrogens is 290 g/mol. The van der Waals surface area contributed by atoms with Crippen molar-refractivity contribution in [1.29, 1.82) is 0 Å². The van der Waals surface area contributed by atoms with Gasteiger partial charge in [-0.05, 0) is 36.2 Å². The summed E-state index contributed by atoms with van der Waals surface area (Å²) in [6.45, 7) is 1.62. The molecule has 0 N–H and O–H groups in total. The van der Waals surface area contributed by atoms with Crippen LogP contribution in [-0.4, -0.2) is 25.1 Å². The van der Waals surface area contributed by atoms with Crippen LogP contribution in [0.25, 0.3) is 11.3 Å². The molecule has 2 aromatic rings. The molecule has 5 nitrogen and oxygen atoms in total. The number of carbonyl (C=O) groups excluding carboxylic acids is 1.